The topological polar surface area (TPSA) is 78.9 Å². The van der Waals surface area contributed by atoms with Crippen LogP contribution in [0.4, 0.5) is 0 Å². The Morgan fingerprint density at radius 2 is 0.536 bits per heavy atom. The van der Waals surface area contributed by atoms with E-state index in [1.165, 1.54) is 212 Å². The first-order valence-electron chi connectivity index (χ1n) is 30.5. The number of carbonyl (C=O) groups is 3. The van der Waals surface area contributed by atoms with Crippen molar-refractivity contribution in [1.82, 2.24) is 0 Å². The minimum absolute atomic E-state index is 0.0745. The second-order valence-electron chi connectivity index (χ2n) is 20.6. The molecule has 0 amide bonds. The molecule has 69 heavy (non-hydrogen) atoms. The van der Waals surface area contributed by atoms with Crippen LogP contribution >= 0.6 is 0 Å². The first-order chi connectivity index (χ1) is 34.0. The summed E-state index contributed by atoms with van der Waals surface area (Å²) in [6, 6.07) is 0. The minimum atomic E-state index is -0.778. The van der Waals surface area contributed by atoms with E-state index < -0.39 is 6.10 Å². The van der Waals surface area contributed by atoms with E-state index in [2.05, 4.69) is 57.2 Å². The molecule has 0 aromatic heterocycles. The summed E-state index contributed by atoms with van der Waals surface area (Å²) < 4.78 is 16.9. The number of carbonyl (C=O) groups excluding carboxylic acids is 3. The molecule has 0 aliphatic heterocycles. The fourth-order valence-electron chi connectivity index (χ4n) is 8.99. The monoisotopic (exact) mass is 969 g/mol. The van der Waals surface area contributed by atoms with Crippen molar-refractivity contribution in [2.45, 2.75) is 335 Å². The van der Waals surface area contributed by atoms with Gasteiger partial charge < -0.3 is 14.2 Å². The number of hydrogen-bond acceptors (Lipinski definition) is 6. The first-order valence-corrected chi connectivity index (χ1v) is 30.5. The molecule has 0 aliphatic rings. The lowest BCUT2D eigenvalue weighted by atomic mass is 10.0. The Morgan fingerprint density at radius 1 is 0.290 bits per heavy atom. The molecule has 0 rings (SSSR count). The van der Waals surface area contributed by atoms with Gasteiger partial charge in [-0.3, -0.25) is 14.4 Å². The predicted octanol–water partition coefficient (Wildman–Crippen LogP) is 20.4. The van der Waals surface area contributed by atoms with Gasteiger partial charge in [0, 0.05) is 19.3 Å². The number of rotatable bonds is 56. The Kier molecular flexibility index (Phi) is 56.2. The number of allylic oxidation sites excluding steroid dienone is 6. The molecule has 6 nitrogen and oxygen atoms in total. The van der Waals surface area contributed by atoms with Gasteiger partial charge in [-0.2, -0.15) is 0 Å². The van der Waals surface area contributed by atoms with Crippen molar-refractivity contribution in [2.75, 3.05) is 13.2 Å². The van der Waals surface area contributed by atoms with E-state index in [0.29, 0.717) is 19.3 Å². The van der Waals surface area contributed by atoms with Gasteiger partial charge >= 0.3 is 17.9 Å². The molecule has 0 radical (unpaired) electrons. The van der Waals surface area contributed by atoms with E-state index >= 15 is 0 Å². The van der Waals surface area contributed by atoms with Crippen molar-refractivity contribution >= 4 is 17.9 Å². The zero-order chi connectivity index (χ0) is 50.0. The Bertz CT molecular complexity index is 1160. The molecule has 1 atom stereocenters. The van der Waals surface area contributed by atoms with E-state index in [9.17, 15) is 14.4 Å². The second kappa shape index (κ2) is 58.2. The van der Waals surface area contributed by atoms with Crippen LogP contribution < -0.4 is 0 Å². The number of ether oxygens (including phenoxy) is 3. The van der Waals surface area contributed by atoms with Crippen LogP contribution in [0, 0.1) is 0 Å². The molecule has 0 aromatic rings. The van der Waals surface area contributed by atoms with E-state index in [0.717, 1.165) is 77.0 Å². The van der Waals surface area contributed by atoms with Crippen molar-refractivity contribution in [3.63, 3.8) is 0 Å². The van der Waals surface area contributed by atoms with Gasteiger partial charge in [-0.25, -0.2) is 0 Å². The van der Waals surface area contributed by atoms with Crippen LogP contribution in [0.3, 0.4) is 0 Å². The highest BCUT2D eigenvalue weighted by Gasteiger charge is 2.19. The molecule has 6 heteroatoms. The molecule has 0 spiro atoms. The van der Waals surface area contributed by atoms with Gasteiger partial charge in [-0.05, 0) is 70.6 Å². The largest absolute Gasteiger partial charge is 0.462 e. The third-order valence-corrected chi connectivity index (χ3v) is 13.6. The average molecular weight is 970 g/mol. The molecule has 0 fully saturated rings. The third-order valence-electron chi connectivity index (χ3n) is 13.6. The van der Waals surface area contributed by atoms with Crippen LogP contribution in [0.2, 0.25) is 0 Å². The van der Waals surface area contributed by atoms with Crippen molar-refractivity contribution in [3.05, 3.63) is 36.5 Å². The molecule has 0 N–H and O–H groups in total. The molecule has 0 aliphatic carbocycles. The van der Waals surface area contributed by atoms with Crippen LogP contribution in [0.15, 0.2) is 36.5 Å². The van der Waals surface area contributed by atoms with Gasteiger partial charge in [0.15, 0.2) is 6.10 Å². The molecule has 0 saturated carbocycles. The fraction of sp³-hybridized carbons (Fsp3) is 0.857. The summed E-state index contributed by atoms with van der Waals surface area (Å²) in [7, 11) is 0. The highest BCUT2D eigenvalue weighted by atomic mass is 16.6. The lowest BCUT2D eigenvalue weighted by molar-refractivity contribution is -0.167. The lowest BCUT2D eigenvalue weighted by Gasteiger charge is -2.18. The van der Waals surface area contributed by atoms with Crippen LogP contribution in [0.1, 0.15) is 329 Å². The maximum Gasteiger partial charge on any atom is 0.306 e. The van der Waals surface area contributed by atoms with Gasteiger partial charge in [0.2, 0.25) is 0 Å². The Morgan fingerprint density at radius 3 is 0.855 bits per heavy atom. The fourth-order valence-corrected chi connectivity index (χ4v) is 8.99. The zero-order valence-electron chi connectivity index (χ0n) is 46.3. The summed E-state index contributed by atoms with van der Waals surface area (Å²) in [5, 5.41) is 0. The maximum absolute atomic E-state index is 12.9. The van der Waals surface area contributed by atoms with E-state index in [-0.39, 0.29) is 31.1 Å². The normalized spacial score (nSPS) is 12.2. The van der Waals surface area contributed by atoms with Gasteiger partial charge in [-0.15, -0.1) is 0 Å². The maximum atomic E-state index is 12.9. The molecule has 0 aromatic carbocycles. The van der Waals surface area contributed by atoms with Crippen LogP contribution in [-0.4, -0.2) is 37.2 Å². The third kappa shape index (κ3) is 56.4. The highest BCUT2D eigenvalue weighted by Crippen LogP contribution is 2.17. The smallest absolute Gasteiger partial charge is 0.306 e. The zero-order valence-corrected chi connectivity index (χ0v) is 46.3. The Hall–Kier alpha value is -2.37. The van der Waals surface area contributed by atoms with Crippen molar-refractivity contribution < 1.29 is 28.6 Å². The summed E-state index contributed by atoms with van der Waals surface area (Å²) >= 11 is 0. The van der Waals surface area contributed by atoms with Crippen LogP contribution in [0.25, 0.3) is 0 Å². The van der Waals surface area contributed by atoms with Gasteiger partial charge in [0.1, 0.15) is 13.2 Å². The van der Waals surface area contributed by atoms with E-state index in [4.69, 9.17) is 14.2 Å². The van der Waals surface area contributed by atoms with E-state index in [1.807, 2.05) is 0 Å². The van der Waals surface area contributed by atoms with Crippen LogP contribution in [0.5, 0.6) is 0 Å². The van der Waals surface area contributed by atoms with Crippen LogP contribution in [-0.2, 0) is 28.6 Å². The van der Waals surface area contributed by atoms with Gasteiger partial charge in [0.05, 0.1) is 0 Å². The van der Waals surface area contributed by atoms with Crippen molar-refractivity contribution in [3.8, 4) is 0 Å². The summed E-state index contributed by atoms with van der Waals surface area (Å²) in [5.74, 6) is -0.873. The molecule has 0 bridgehead atoms. The summed E-state index contributed by atoms with van der Waals surface area (Å²) in [5.41, 5.74) is 0. The summed E-state index contributed by atoms with van der Waals surface area (Å²) in [6.45, 7) is 6.63. The Balaban J connectivity index is 4.33. The first kappa shape index (κ1) is 66.6. The van der Waals surface area contributed by atoms with Gasteiger partial charge in [0.25, 0.3) is 0 Å². The van der Waals surface area contributed by atoms with E-state index in [1.54, 1.807) is 0 Å². The van der Waals surface area contributed by atoms with Crippen molar-refractivity contribution in [2.24, 2.45) is 0 Å². The summed E-state index contributed by atoms with van der Waals surface area (Å²) in [6.07, 6.45) is 70.0. The molecular weight excluding hydrogens is 853 g/mol. The number of unbranched alkanes of at least 4 members (excludes halogenated alkanes) is 39. The molecule has 404 valence electrons. The second-order valence-corrected chi connectivity index (χ2v) is 20.6. The minimum Gasteiger partial charge on any atom is -0.462 e. The Labute approximate surface area is 429 Å². The molecule has 1 unspecified atom stereocenters. The van der Waals surface area contributed by atoms with Gasteiger partial charge in [-0.1, -0.05) is 276 Å². The number of esters is 3. The molecular formula is C63H116O6. The summed E-state index contributed by atoms with van der Waals surface area (Å²) in [4.78, 5) is 38.2. The molecule has 0 saturated heterocycles. The quantitative estimate of drug-likeness (QED) is 0.0261. The lowest BCUT2D eigenvalue weighted by Crippen LogP contribution is -2.30. The SMILES string of the molecule is CCCC/C=C\C/C=C\CCCCCCCC(=O)OCC(COC(=O)CCCCCCCCCCCCCCCCCCCCC)OC(=O)CCCCCCCCC/C=C\CCCCCCCCC. The average Bonchev–Trinajstić information content (AvgIpc) is 3.35. The standard InChI is InChI=1S/C63H116O6/c1-4-7-10-13-16-19-22-25-28-30-32-34-35-38-41-44-47-50-53-56-62(65)68-59-60(58-67-61(64)55-52-49-46-43-40-37-27-24-21-18-15-12-9-6-3)69-63(66)57-54-51-48-45-42-39-36-33-31-29-26-23-20-17-14-11-8-5-2/h15,18,24,27,29,31,60H,4-14,16-17,19-23,25-26,28,30,32-59H2,1-3H3/b18-15-,27-24-,31-29-. The van der Waals surface area contributed by atoms with Crippen molar-refractivity contribution in [1.29, 1.82) is 0 Å². The predicted molar refractivity (Wildman–Crippen MR) is 298 cm³/mol. The molecule has 0 heterocycles. The highest BCUT2D eigenvalue weighted by molar-refractivity contribution is 5.71. The number of hydrogen-bond donors (Lipinski definition) is 0.